The van der Waals surface area contributed by atoms with Gasteiger partial charge < -0.3 is 10.4 Å². The van der Waals surface area contributed by atoms with Gasteiger partial charge in [0.2, 0.25) is 0 Å². The molecule has 104 valence electrons. The first-order chi connectivity index (χ1) is 9.77. The molecule has 0 spiro atoms. The predicted octanol–water partition coefficient (Wildman–Crippen LogP) is 3.41. The lowest BCUT2D eigenvalue weighted by molar-refractivity contribution is 0.138. The van der Waals surface area contributed by atoms with Crippen LogP contribution in [0.5, 0.6) is 0 Å². The van der Waals surface area contributed by atoms with Gasteiger partial charge in [-0.2, -0.15) is 0 Å². The minimum atomic E-state index is -0.485. The first-order valence-corrected chi connectivity index (χ1v) is 6.95. The zero-order valence-electron chi connectivity index (χ0n) is 11.7. The van der Waals surface area contributed by atoms with Crippen LogP contribution in [0, 0.1) is 0 Å². The summed E-state index contributed by atoms with van der Waals surface area (Å²) in [7, 11) is 0. The second-order valence-corrected chi connectivity index (χ2v) is 4.87. The summed E-state index contributed by atoms with van der Waals surface area (Å²) in [6.45, 7) is 2.73. The number of hydrogen-bond acceptors (Lipinski definition) is 2. The molecule has 2 aromatic rings. The SMILES string of the molecule is C[C@H](NC/C=C/c1ccccc1)[C@H](O)c1ccccc1. The summed E-state index contributed by atoms with van der Waals surface area (Å²) in [4.78, 5) is 0. The minimum Gasteiger partial charge on any atom is -0.387 e. The van der Waals surface area contributed by atoms with E-state index < -0.39 is 6.10 Å². The van der Waals surface area contributed by atoms with Crippen molar-refractivity contribution in [2.24, 2.45) is 0 Å². The largest absolute Gasteiger partial charge is 0.387 e. The molecule has 0 heterocycles. The number of hydrogen-bond donors (Lipinski definition) is 2. The smallest absolute Gasteiger partial charge is 0.0940 e. The highest BCUT2D eigenvalue weighted by molar-refractivity contribution is 5.48. The first kappa shape index (κ1) is 14.5. The normalized spacial score (nSPS) is 14.3. The second kappa shape index (κ2) is 7.63. The molecule has 0 amide bonds. The summed E-state index contributed by atoms with van der Waals surface area (Å²) in [5, 5.41) is 13.5. The molecular weight excluding hydrogens is 246 g/mol. The van der Waals surface area contributed by atoms with Crippen molar-refractivity contribution in [3.8, 4) is 0 Å². The van der Waals surface area contributed by atoms with Gasteiger partial charge in [0.1, 0.15) is 0 Å². The number of benzene rings is 2. The minimum absolute atomic E-state index is 0.0119. The van der Waals surface area contributed by atoms with Crippen LogP contribution < -0.4 is 5.32 Å². The molecule has 2 aromatic carbocycles. The Kier molecular flexibility index (Phi) is 5.54. The van der Waals surface area contributed by atoms with Crippen molar-refractivity contribution in [2.75, 3.05) is 6.54 Å². The molecule has 0 aliphatic rings. The van der Waals surface area contributed by atoms with Crippen molar-refractivity contribution < 1.29 is 5.11 Å². The highest BCUT2D eigenvalue weighted by Gasteiger charge is 2.14. The fourth-order valence-corrected chi connectivity index (χ4v) is 2.06. The van der Waals surface area contributed by atoms with Gasteiger partial charge in [-0.3, -0.25) is 0 Å². The maximum Gasteiger partial charge on any atom is 0.0940 e. The Morgan fingerprint density at radius 2 is 1.60 bits per heavy atom. The van der Waals surface area contributed by atoms with Crippen LogP contribution in [0.15, 0.2) is 66.7 Å². The maximum atomic E-state index is 10.2. The zero-order chi connectivity index (χ0) is 14.2. The van der Waals surface area contributed by atoms with Crippen molar-refractivity contribution in [1.82, 2.24) is 5.32 Å². The van der Waals surface area contributed by atoms with E-state index in [4.69, 9.17) is 0 Å². The monoisotopic (exact) mass is 267 g/mol. The van der Waals surface area contributed by atoms with E-state index in [9.17, 15) is 5.11 Å². The average molecular weight is 267 g/mol. The first-order valence-electron chi connectivity index (χ1n) is 6.95. The lowest BCUT2D eigenvalue weighted by atomic mass is 10.0. The van der Waals surface area contributed by atoms with E-state index in [2.05, 4.69) is 29.6 Å². The van der Waals surface area contributed by atoms with Crippen molar-refractivity contribution in [1.29, 1.82) is 0 Å². The highest BCUT2D eigenvalue weighted by atomic mass is 16.3. The summed E-state index contributed by atoms with van der Waals surface area (Å²) >= 11 is 0. The summed E-state index contributed by atoms with van der Waals surface area (Å²) in [6, 6.07) is 19.9. The Labute approximate surface area is 120 Å². The zero-order valence-corrected chi connectivity index (χ0v) is 11.7. The van der Waals surface area contributed by atoms with E-state index in [1.807, 2.05) is 55.5 Å². The third kappa shape index (κ3) is 4.34. The molecule has 2 nitrogen and oxygen atoms in total. The molecule has 0 bridgehead atoms. The Morgan fingerprint density at radius 1 is 1.00 bits per heavy atom. The summed E-state index contributed by atoms with van der Waals surface area (Å²) in [6.07, 6.45) is 3.67. The highest BCUT2D eigenvalue weighted by Crippen LogP contribution is 2.15. The molecule has 0 unspecified atom stereocenters. The van der Waals surface area contributed by atoms with Gasteiger partial charge >= 0.3 is 0 Å². The van der Waals surface area contributed by atoms with Crippen LogP contribution in [0.3, 0.4) is 0 Å². The molecule has 2 atom stereocenters. The van der Waals surface area contributed by atoms with Gasteiger partial charge in [0.05, 0.1) is 6.10 Å². The lowest BCUT2D eigenvalue weighted by Gasteiger charge is -2.19. The third-order valence-corrected chi connectivity index (χ3v) is 3.28. The molecular formula is C18H21NO. The van der Waals surface area contributed by atoms with Crippen molar-refractivity contribution in [3.05, 3.63) is 77.9 Å². The topological polar surface area (TPSA) is 32.3 Å². The number of nitrogens with one attached hydrogen (secondary N) is 1. The summed E-state index contributed by atoms with van der Waals surface area (Å²) < 4.78 is 0. The summed E-state index contributed by atoms with van der Waals surface area (Å²) in [5.74, 6) is 0. The van der Waals surface area contributed by atoms with Crippen LogP contribution in [0.2, 0.25) is 0 Å². The average Bonchev–Trinajstić information content (AvgIpc) is 2.52. The van der Waals surface area contributed by atoms with Gasteiger partial charge in [-0.25, -0.2) is 0 Å². The van der Waals surface area contributed by atoms with Crippen molar-refractivity contribution >= 4 is 6.08 Å². The Bertz CT molecular complexity index is 522. The van der Waals surface area contributed by atoms with Crippen LogP contribution in [-0.2, 0) is 0 Å². The third-order valence-electron chi connectivity index (χ3n) is 3.28. The fourth-order valence-electron chi connectivity index (χ4n) is 2.06. The number of aliphatic hydroxyl groups excluding tert-OH is 1. The van der Waals surface area contributed by atoms with Crippen LogP contribution in [0.25, 0.3) is 6.08 Å². The van der Waals surface area contributed by atoms with Crippen LogP contribution in [0.1, 0.15) is 24.2 Å². The van der Waals surface area contributed by atoms with Crippen LogP contribution >= 0.6 is 0 Å². The fraction of sp³-hybridized carbons (Fsp3) is 0.222. The second-order valence-electron chi connectivity index (χ2n) is 4.87. The van der Waals surface area contributed by atoms with Gasteiger partial charge in [0.25, 0.3) is 0 Å². The molecule has 0 aromatic heterocycles. The van der Waals surface area contributed by atoms with E-state index in [0.29, 0.717) is 0 Å². The van der Waals surface area contributed by atoms with E-state index in [1.165, 1.54) is 5.56 Å². The molecule has 20 heavy (non-hydrogen) atoms. The van der Waals surface area contributed by atoms with Gasteiger partial charge in [-0.15, -0.1) is 0 Å². The van der Waals surface area contributed by atoms with Crippen LogP contribution in [-0.4, -0.2) is 17.7 Å². The Morgan fingerprint density at radius 3 is 2.25 bits per heavy atom. The molecule has 2 rings (SSSR count). The van der Waals surface area contributed by atoms with Gasteiger partial charge in [-0.05, 0) is 18.1 Å². The maximum absolute atomic E-state index is 10.2. The molecule has 0 fully saturated rings. The number of aliphatic hydroxyl groups is 1. The standard InChI is InChI=1S/C18H21NO/c1-15(18(20)17-12-6-3-7-13-17)19-14-8-11-16-9-4-2-5-10-16/h2-13,15,18-20H,14H2,1H3/b11-8+/t15-,18-/m0/s1. The van der Waals surface area contributed by atoms with Crippen LogP contribution in [0.4, 0.5) is 0 Å². The number of rotatable bonds is 6. The Hall–Kier alpha value is -1.90. The predicted molar refractivity (Wildman–Crippen MR) is 84.3 cm³/mol. The molecule has 2 N–H and O–H groups in total. The van der Waals surface area contributed by atoms with Gasteiger partial charge in [-0.1, -0.05) is 72.8 Å². The van der Waals surface area contributed by atoms with Crippen molar-refractivity contribution in [3.63, 3.8) is 0 Å². The van der Waals surface area contributed by atoms with E-state index in [0.717, 1.165) is 12.1 Å². The van der Waals surface area contributed by atoms with Gasteiger partial charge in [0, 0.05) is 12.6 Å². The van der Waals surface area contributed by atoms with E-state index in [-0.39, 0.29) is 6.04 Å². The molecule has 0 saturated heterocycles. The van der Waals surface area contributed by atoms with Gasteiger partial charge in [0.15, 0.2) is 0 Å². The van der Waals surface area contributed by atoms with E-state index >= 15 is 0 Å². The lowest BCUT2D eigenvalue weighted by Crippen LogP contribution is -2.32. The molecule has 0 radical (unpaired) electrons. The van der Waals surface area contributed by atoms with E-state index in [1.54, 1.807) is 0 Å². The summed E-state index contributed by atoms with van der Waals surface area (Å²) in [5.41, 5.74) is 2.13. The molecule has 2 heteroatoms. The van der Waals surface area contributed by atoms with Crippen molar-refractivity contribution in [2.45, 2.75) is 19.1 Å². The molecule has 0 aliphatic carbocycles. The molecule has 0 aliphatic heterocycles. The molecule has 0 saturated carbocycles. The quantitative estimate of drug-likeness (QED) is 0.840. The Balaban J connectivity index is 1.81.